The molecule has 204 valence electrons. The minimum Gasteiger partial charge on any atom is -0.389 e. The first-order valence-corrected chi connectivity index (χ1v) is 13.3. The van der Waals surface area contributed by atoms with E-state index in [0.29, 0.717) is 30.8 Å². The van der Waals surface area contributed by atoms with Gasteiger partial charge >= 0.3 is 0 Å². The molecule has 1 saturated heterocycles. The minimum absolute atomic E-state index is 0.0845. The van der Waals surface area contributed by atoms with Crippen LogP contribution in [0, 0.1) is 17.7 Å². The van der Waals surface area contributed by atoms with Crippen LogP contribution in [0.1, 0.15) is 60.5 Å². The van der Waals surface area contributed by atoms with E-state index in [1.807, 2.05) is 13.0 Å². The number of carbonyl (C=O) groups excluding carboxylic acids is 2. The van der Waals surface area contributed by atoms with Gasteiger partial charge in [0.25, 0.3) is 5.91 Å². The molecule has 0 aliphatic carbocycles. The zero-order valence-electron chi connectivity index (χ0n) is 23.5. The van der Waals surface area contributed by atoms with E-state index in [2.05, 4.69) is 19.9 Å². The number of allylic oxidation sites excluding steroid dienone is 3. The number of carbonyl (C=O) groups is 2. The van der Waals surface area contributed by atoms with Gasteiger partial charge in [-0.25, -0.2) is 9.40 Å². The van der Waals surface area contributed by atoms with Crippen molar-refractivity contribution in [2.75, 3.05) is 19.6 Å². The van der Waals surface area contributed by atoms with Crippen molar-refractivity contribution in [2.45, 2.75) is 66.0 Å². The van der Waals surface area contributed by atoms with Gasteiger partial charge < -0.3 is 14.9 Å². The van der Waals surface area contributed by atoms with Crippen LogP contribution in [0.2, 0.25) is 0 Å². The lowest BCUT2D eigenvalue weighted by atomic mass is 9.91. The van der Waals surface area contributed by atoms with E-state index in [4.69, 9.17) is 5.10 Å². The number of amides is 2. The highest BCUT2D eigenvalue weighted by molar-refractivity contribution is 6.10. The van der Waals surface area contributed by atoms with Gasteiger partial charge in [0.15, 0.2) is 0 Å². The van der Waals surface area contributed by atoms with E-state index < -0.39 is 11.1 Å². The summed E-state index contributed by atoms with van der Waals surface area (Å²) in [5.41, 5.74) is 2.01. The highest BCUT2D eigenvalue weighted by Gasteiger charge is 2.46. The molecule has 1 aromatic rings. The number of piperazine rings is 1. The molecule has 1 atom stereocenters. The molecule has 0 bridgehead atoms. The molecule has 0 radical (unpaired) electrons. The summed E-state index contributed by atoms with van der Waals surface area (Å²) in [7, 11) is 0. The minimum atomic E-state index is -1.06. The van der Waals surface area contributed by atoms with Gasteiger partial charge in [-0.1, -0.05) is 26.8 Å². The normalized spacial score (nSPS) is 21.9. The van der Waals surface area contributed by atoms with E-state index in [1.165, 1.54) is 12.1 Å². The van der Waals surface area contributed by atoms with Crippen LogP contribution in [0.3, 0.4) is 0 Å². The number of nitrogens with zero attached hydrogens (tertiary/aromatic N) is 4. The van der Waals surface area contributed by atoms with Gasteiger partial charge in [0, 0.05) is 37.0 Å². The number of hydrazone groups is 1. The van der Waals surface area contributed by atoms with Crippen molar-refractivity contribution >= 4 is 17.5 Å². The third-order valence-corrected chi connectivity index (χ3v) is 7.42. The first-order valence-electron chi connectivity index (χ1n) is 13.3. The maximum atomic E-state index is 14.0. The largest absolute Gasteiger partial charge is 0.389 e. The van der Waals surface area contributed by atoms with E-state index in [-0.39, 0.29) is 36.0 Å². The van der Waals surface area contributed by atoms with Gasteiger partial charge in [-0.05, 0) is 81.9 Å². The van der Waals surface area contributed by atoms with Crippen LogP contribution in [0.15, 0.2) is 64.6 Å². The smallest absolute Gasteiger partial charge is 0.252 e. The number of hydrogen-bond donors (Lipinski definition) is 1. The summed E-state index contributed by atoms with van der Waals surface area (Å²) in [6.07, 6.45) is 6.61. The highest BCUT2D eigenvalue weighted by atomic mass is 19.1. The molecular weight excluding hydrogens is 483 g/mol. The summed E-state index contributed by atoms with van der Waals surface area (Å²) in [5, 5.41) is 16.9. The zero-order chi connectivity index (χ0) is 28.0. The summed E-state index contributed by atoms with van der Waals surface area (Å²) >= 11 is 0. The SMILES string of the molecule is CC(C)C1=CC(c2ccc(F)cc2)=NN2C=C(C(=O)N3CCN(CC(C)(C)O)C(=O)C3(C)C)C(C)CC=C12. The fourth-order valence-corrected chi connectivity index (χ4v) is 5.26. The highest BCUT2D eigenvalue weighted by Crippen LogP contribution is 2.36. The number of rotatable bonds is 5. The topological polar surface area (TPSA) is 76.5 Å². The summed E-state index contributed by atoms with van der Waals surface area (Å²) in [6.45, 7) is 14.1. The second kappa shape index (κ2) is 10.1. The molecule has 8 heteroatoms. The van der Waals surface area contributed by atoms with Crippen LogP contribution in [0.4, 0.5) is 4.39 Å². The molecule has 0 aromatic heterocycles. The van der Waals surface area contributed by atoms with E-state index in [1.54, 1.807) is 60.8 Å². The molecular formula is C30H39FN4O3. The summed E-state index contributed by atoms with van der Waals surface area (Å²) < 4.78 is 13.6. The van der Waals surface area contributed by atoms with Crippen LogP contribution < -0.4 is 0 Å². The van der Waals surface area contributed by atoms with Crippen LogP contribution in [-0.4, -0.2) is 68.2 Å². The van der Waals surface area contributed by atoms with Crippen molar-refractivity contribution in [1.82, 2.24) is 14.8 Å². The lowest BCUT2D eigenvalue weighted by Crippen LogP contribution is -2.66. The van der Waals surface area contributed by atoms with Gasteiger partial charge in [-0.2, -0.15) is 5.10 Å². The Bertz CT molecular complexity index is 1230. The summed E-state index contributed by atoms with van der Waals surface area (Å²) in [6, 6.07) is 6.24. The van der Waals surface area contributed by atoms with Gasteiger partial charge in [0.05, 0.1) is 17.0 Å². The lowest BCUT2D eigenvalue weighted by molar-refractivity contribution is -0.159. The van der Waals surface area contributed by atoms with Crippen molar-refractivity contribution in [3.63, 3.8) is 0 Å². The average Bonchev–Trinajstić information content (AvgIpc) is 2.99. The third kappa shape index (κ3) is 5.46. The monoisotopic (exact) mass is 522 g/mol. The van der Waals surface area contributed by atoms with Crippen molar-refractivity contribution in [2.24, 2.45) is 16.9 Å². The second-order valence-corrected chi connectivity index (χ2v) is 12.0. The van der Waals surface area contributed by atoms with Crippen molar-refractivity contribution in [1.29, 1.82) is 0 Å². The van der Waals surface area contributed by atoms with Crippen molar-refractivity contribution in [3.05, 3.63) is 70.8 Å². The number of aliphatic hydroxyl groups is 1. The molecule has 1 fully saturated rings. The Morgan fingerprint density at radius 2 is 1.87 bits per heavy atom. The third-order valence-electron chi connectivity index (χ3n) is 7.42. The Morgan fingerprint density at radius 3 is 2.47 bits per heavy atom. The molecule has 3 heterocycles. The van der Waals surface area contributed by atoms with Gasteiger partial charge in [-0.3, -0.25) is 9.59 Å². The van der Waals surface area contributed by atoms with E-state index in [9.17, 15) is 19.1 Å². The van der Waals surface area contributed by atoms with Crippen LogP contribution in [0.25, 0.3) is 0 Å². The van der Waals surface area contributed by atoms with Crippen LogP contribution >= 0.6 is 0 Å². The van der Waals surface area contributed by atoms with Gasteiger partial charge in [-0.15, -0.1) is 0 Å². The van der Waals surface area contributed by atoms with E-state index >= 15 is 0 Å². The van der Waals surface area contributed by atoms with Gasteiger partial charge in [0.1, 0.15) is 11.4 Å². The molecule has 1 N–H and O–H groups in total. The number of fused-ring (bicyclic) bond motifs is 1. The predicted molar refractivity (Wildman–Crippen MR) is 146 cm³/mol. The summed E-state index contributed by atoms with van der Waals surface area (Å²) in [4.78, 5) is 30.7. The molecule has 2 amide bonds. The summed E-state index contributed by atoms with van der Waals surface area (Å²) in [5.74, 6) is -0.558. The number of β-amino-alcohol motifs (C(OH)–C–C–N with tert-alkyl or cyclic N) is 1. The molecule has 4 rings (SSSR count). The maximum absolute atomic E-state index is 14.0. The Labute approximate surface area is 225 Å². The molecule has 3 aliphatic heterocycles. The molecule has 3 aliphatic rings. The molecule has 1 aromatic carbocycles. The molecule has 1 unspecified atom stereocenters. The average molecular weight is 523 g/mol. The number of benzene rings is 1. The fraction of sp³-hybridized carbons (Fsp3) is 0.500. The van der Waals surface area contributed by atoms with Crippen LogP contribution in [0.5, 0.6) is 0 Å². The predicted octanol–water partition coefficient (Wildman–Crippen LogP) is 4.46. The number of halogens is 1. The number of hydrogen-bond acceptors (Lipinski definition) is 5. The molecule has 0 saturated carbocycles. The van der Waals surface area contributed by atoms with Crippen molar-refractivity contribution < 1.29 is 19.1 Å². The first-order chi connectivity index (χ1) is 17.7. The molecule has 7 nitrogen and oxygen atoms in total. The first kappa shape index (κ1) is 27.8. The maximum Gasteiger partial charge on any atom is 0.252 e. The standard InChI is InChI=1S/C30H39FN4O3/c1-19(2)23-16-25(21-9-11-22(31)12-10-21)32-35-17-24(20(3)8-13-26(23)35)27(36)34-15-14-33(18-29(4,5)38)28(37)30(34,6)7/h9-13,16-17,19-20,38H,8,14-15,18H2,1-7H3. The van der Waals surface area contributed by atoms with Crippen LogP contribution in [-0.2, 0) is 9.59 Å². The second-order valence-electron chi connectivity index (χ2n) is 12.0. The van der Waals surface area contributed by atoms with E-state index in [0.717, 1.165) is 16.8 Å². The Morgan fingerprint density at radius 1 is 1.21 bits per heavy atom. The van der Waals surface area contributed by atoms with Gasteiger partial charge in [0.2, 0.25) is 5.91 Å². The Hall–Kier alpha value is -3.26. The Balaban J connectivity index is 1.69. The zero-order valence-corrected chi connectivity index (χ0v) is 23.5. The quantitative estimate of drug-likeness (QED) is 0.620. The molecule has 38 heavy (non-hydrogen) atoms. The Kier molecular flexibility index (Phi) is 7.40. The fourth-order valence-electron chi connectivity index (χ4n) is 5.26. The lowest BCUT2D eigenvalue weighted by Gasteiger charge is -2.47. The van der Waals surface area contributed by atoms with Crippen molar-refractivity contribution in [3.8, 4) is 0 Å². The molecule has 0 spiro atoms.